The summed E-state index contributed by atoms with van der Waals surface area (Å²) in [6.07, 6.45) is -7.91. The number of imidazole rings is 1. The van der Waals surface area contributed by atoms with Crippen LogP contribution in [0.1, 0.15) is 6.23 Å². The molecule has 0 spiro atoms. The maximum Gasteiger partial charge on any atom is 0.312 e. The third kappa shape index (κ3) is 2.01. The van der Waals surface area contributed by atoms with Crippen molar-refractivity contribution < 1.29 is 28.8 Å². The molecule has 9 nitrogen and oxygen atoms in total. The summed E-state index contributed by atoms with van der Waals surface area (Å²) in [5, 5.41) is 28.6. The Kier molecular flexibility index (Phi) is 3.20. The highest BCUT2D eigenvalue weighted by Crippen LogP contribution is 2.33. The van der Waals surface area contributed by atoms with Crippen LogP contribution in [0, 0.1) is 12.2 Å². The van der Waals surface area contributed by atoms with Gasteiger partial charge in [0, 0.05) is 0 Å². The molecule has 114 valence electrons. The topological polar surface area (TPSA) is 140 Å². The second-order valence-electron chi connectivity index (χ2n) is 4.53. The highest BCUT2D eigenvalue weighted by Gasteiger charge is 2.45. The van der Waals surface area contributed by atoms with Crippen molar-refractivity contribution in [2.24, 2.45) is 0 Å². The van der Waals surface area contributed by atoms with E-state index in [-0.39, 0.29) is 17.0 Å². The summed E-state index contributed by atoms with van der Waals surface area (Å²) in [4.78, 5) is 10.0. The molecule has 5 N–H and O–H groups in total. The molecule has 21 heavy (non-hydrogen) atoms. The Hall–Kier alpha value is -1.95. The summed E-state index contributed by atoms with van der Waals surface area (Å²) in [6, 6.07) is 0. The molecule has 11 heteroatoms. The molecule has 0 saturated carbocycles. The van der Waals surface area contributed by atoms with Gasteiger partial charge in [-0.2, -0.15) is 23.7 Å². The molecule has 3 heterocycles. The minimum atomic E-state index is -1.56. The predicted octanol–water partition coefficient (Wildman–Crippen LogP) is -1.70. The zero-order chi connectivity index (χ0) is 15.3. The Labute approximate surface area is 115 Å². The minimum Gasteiger partial charge on any atom is -0.394 e. The van der Waals surface area contributed by atoms with Gasteiger partial charge in [-0.1, -0.05) is 0 Å². The van der Waals surface area contributed by atoms with Crippen molar-refractivity contribution in [3.63, 3.8) is 0 Å². The first-order valence-electron chi connectivity index (χ1n) is 5.93. The smallest absolute Gasteiger partial charge is 0.312 e. The number of nitrogens with two attached hydrogens (primary N) is 1. The van der Waals surface area contributed by atoms with Crippen LogP contribution < -0.4 is 5.73 Å². The molecule has 0 unspecified atom stereocenters. The average Bonchev–Trinajstić information content (AvgIpc) is 2.89. The van der Waals surface area contributed by atoms with Crippen molar-refractivity contribution in [2.75, 3.05) is 12.3 Å². The van der Waals surface area contributed by atoms with E-state index in [9.17, 15) is 19.0 Å². The maximum absolute atomic E-state index is 14.0. The monoisotopic (exact) mass is 303 g/mol. The number of hydrogen-bond donors (Lipinski definition) is 4. The summed E-state index contributed by atoms with van der Waals surface area (Å²) >= 11 is 0. The van der Waals surface area contributed by atoms with Gasteiger partial charge in [0.05, 0.1) is 6.61 Å². The van der Waals surface area contributed by atoms with Gasteiger partial charge in [0.25, 0.3) is 6.08 Å². The van der Waals surface area contributed by atoms with E-state index >= 15 is 0 Å². The Balaban J connectivity index is 2.15. The molecule has 1 fully saturated rings. The van der Waals surface area contributed by atoms with E-state index in [0.717, 1.165) is 0 Å². The summed E-state index contributed by atoms with van der Waals surface area (Å²) in [5.41, 5.74) is 4.90. The molecule has 3 rings (SSSR count). The molecule has 1 saturated heterocycles. The summed E-state index contributed by atoms with van der Waals surface area (Å²) in [7, 11) is 0. The number of ether oxygens (including phenoxy) is 1. The number of aliphatic hydroxyl groups is 3. The van der Waals surface area contributed by atoms with Gasteiger partial charge < -0.3 is 25.8 Å². The van der Waals surface area contributed by atoms with Gasteiger partial charge in [-0.25, -0.2) is 0 Å². The van der Waals surface area contributed by atoms with Gasteiger partial charge in [-0.15, -0.1) is 0 Å². The van der Waals surface area contributed by atoms with Gasteiger partial charge in [0.2, 0.25) is 0 Å². The molecule has 0 radical (unpaired) electrons. The average molecular weight is 303 g/mol. The zero-order valence-corrected chi connectivity index (χ0v) is 10.4. The number of halogens is 2. The molecule has 1 aliphatic rings. The summed E-state index contributed by atoms with van der Waals surface area (Å²) in [5.74, 6) is -0.373. The van der Waals surface area contributed by atoms with Crippen molar-refractivity contribution in [2.45, 2.75) is 24.5 Å². The van der Waals surface area contributed by atoms with Crippen molar-refractivity contribution in [1.29, 1.82) is 0 Å². The Morgan fingerprint density at radius 2 is 1.90 bits per heavy atom. The molecule has 2 aromatic heterocycles. The van der Waals surface area contributed by atoms with Crippen LogP contribution in [0.4, 0.5) is 14.6 Å². The van der Waals surface area contributed by atoms with E-state index < -0.39 is 43.3 Å². The standard InChI is InChI=1S/C10H11F2N5O4/c11-9-15-6(13)3-7(16-9)17(10(12)14-3)8-5(20)4(19)2(1-18)21-8/h2,4-5,8,18-20H,1H2,(H2,13,15,16)/t2-,4+,5-,8-/m1/s1. The fourth-order valence-electron chi connectivity index (χ4n) is 2.26. The van der Waals surface area contributed by atoms with E-state index in [4.69, 9.17) is 15.6 Å². The molecule has 2 aromatic rings. The fraction of sp³-hybridized carbons (Fsp3) is 0.500. The van der Waals surface area contributed by atoms with Crippen LogP contribution in [-0.4, -0.2) is 59.8 Å². The zero-order valence-electron chi connectivity index (χ0n) is 10.4. The third-order valence-corrected chi connectivity index (χ3v) is 3.27. The quantitative estimate of drug-likeness (QED) is 0.380. The fourth-order valence-corrected chi connectivity index (χ4v) is 2.26. The second-order valence-corrected chi connectivity index (χ2v) is 4.53. The lowest BCUT2D eigenvalue weighted by Gasteiger charge is -2.16. The van der Waals surface area contributed by atoms with Crippen LogP contribution in [0.5, 0.6) is 0 Å². The number of fused-ring (bicyclic) bond motifs is 1. The first-order chi connectivity index (χ1) is 9.93. The Morgan fingerprint density at radius 1 is 1.19 bits per heavy atom. The lowest BCUT2D eigenvalue weighted by molar-refractivity contribution is -0.0558. The normalized spacial score (nSPS) is 29.4. The number of nitrogens with zero attached hydrogens (tertiary/aromatic N) is 4. The lowest BCUT2D eigenvalue weighted by Crippen LogP contribution is -2.33. The lowest BCUT2D eigenvalue weighted by atomic mass is 10.1. The van der Waals surface area contributed by atoms with E-state index in [1.165, 1.54) is 0 Å². The highest BCUT2D eigenvalue weighted by atomic mass is 19.1. The van der Waals surface area contributed by atoms with Gasteiger partial charge >= 0.3 is 6.08 Å². The van der Waals surface area contributed by atoms with Gasteiger partial charge in [0.1, 0.15) is 18.3 Å². The van der Waals surface area contributed by atoms with Crippen LogP contribution in [0.25, 0.3) is 11.2 Å². The van der Waals surface area contributed by atoms with Gasteiger partial charge in [-0.3, -0.25) is 4.57 Å². The molecule has 0 aromatic carbocycles. The maximum atomic E-state index is 14.0. The van der Waals surface area contributed by atoms with E-state index in [2.05, 4.69) is 15.0 Å². The minimum absolute atomic E-state index is 0.202. The predicted molar refractivity (Wildman–Crippen MR) is 62.7 cm³/mol. The highest BCUT2D eigenvalue weighted by molar-refractivity contribution is 5.81. The van der Waals surface area contributed by atoms with E-state index in [1.807, 2.05) is 0 Å². The first kappa shape index (κ1) is 14.0. The van der Waals surface area contributed by atoms with Crippen molar-refractivity contribution >= 4 is 17.0 Å². The van der Waals surface area contributed by atoms with Gasteiger partial charge in [-0.05, 0) is 0 Å². The number of anilines is 1. The number of rotatable bonds is 2. The van der Waals surface area contributed by atoms with Crippen LogP contribution in [-0.2, 0) is 4.74 Å². The molecule has 1 aliphatic heterocycles. The molecule has 0 amide bonds. The van der Waals surface area contributed by atoms with E-state index in [0.29, 0.717) is 4.57 Å². The van der Waals surface area contributed by atoms with Crippen molar-refractivity contribution in [3.05, 3.63) is 12.2 Å². The van der Waals surface area contributed by atoms with Crippen LogP contribution in [0.15, 0.2) is 0 Å². The SMILES string of the molecule is Nc1nc(F)nc2c1nc(F)n2[C@@H]1O[C@H](CO)[C@H](O)[C@H]1O. The summed E-state index contributed by atoms with van der Waals surface area (Å²) in [6.45, 7) is -0.589. The Bertz CT molecular complexity index is 696. The van der Waals surface area contributed by atoms with Crippen molar-refractivity contribution in [3.8, 4) is 0 Å². The molecular formula is C10H11F2N5O4. The van der Waals surface area contributed by atoms with Crippen molar-refractivity contribution in [1.82, 2.24) is 19.5 Å². The molecule has 0 aliphatic carbocycles. The van der Waals surface area contributed by atoms with Crippen LogP contribution in [0.3, 0.4) is 0 Å². The molecular weight excluding hydrogens is 292 g/mol. The van der Waals surface area contributed by atoms with Gasteiger partial charge in [0.15, 0.2) is 23.2 Å². The number of hydrogen-bond acceptors (Lipinski definition) is 8. The number of aromatic nitrogens is 4. The van der Waals surface area contributed by atoms with Crippen LogP contribution in [0.2, 0.25) is 0 Å². The Morgan fingerprint density at radius 3 is 2.52 bits per heavy atom. The molecule has 4 atom stereocenters. The van der Waals surface area contributed by atoms with Crippen LogP contribution >= 0.6 is 0 Å². The first-order valence-corrected chi connectivity index (χ1v) is 5.93. The molecule has 0 bridgehead atoms. The van der Waals surface area contributed by atoms with E-state index in [1.54, 1.807) is 0 Å². The number of aliphatic hydroxyl groups excluding tert-OH is 3. The largest absolute Gasteiger partial charge is 0.394 e. The number of nitrogen functional groups attached to an aromatic ring is 1. The third-order valence-electron chi connectivity index (χ3n) is 3.27. The summed E-state index contributed by atoms with van der Waals surface area (Å²) < 4.78 is 33.0. The second kappa shape index (κ2) is 4.80.